The second kappa shape index (κ2) is 7.29. The SMILES string of the molecule is C[C@H](N)C(=O)NCC(C)(C)CCCc1ccccc1. The van der Waals surface area contributed by atoms with Crippen molar-refractivity contribution in [1.29, 1.82) is 0 Å². The van der Waals surface area contributed by atoms with Crippen LogP contribution in [-0.4, -0.2) is 18.5 Å². The fraction of sp³-hybridized carbons (Fsp3) is 0.562. The van der Waals surface area contributed by atoms with Gasteiger partial charge in [-0.15, -0.1) is 0 Å². The second-order valence-electron chi connectivity index (χ2n) is 6.01. The van der Waals surface area contributed by atoms with E-state index in [1.165, 1.54) is 5.56 Å². The Morgan fingerprint density at radius 2 is 1.95 bits per heavy atom. The number of carbonyl (C=O) groups excluding carboxylic acids is 1. The van der Waals surface area contributed by atoms with E-state index in [1.54, 1.807) is 6.92 Å². The van der Waals surface area contributed by atoms with Gasteiger partial charge in [0.05, 0.1) is 6.04 Å². The average Bonchev–Trinajstić information content (AvgIpc) is 2.37. The van der Waals surface area contributed by atoms with E-state index >= 15 is 0 Å². The van der Waals surface area contributed by atoms with Gasteiger partial charge in [-0.3, -0.25) is 4.79 Å². The lowest BCUT2D eigenvalue weighted by Crippen LogP contribution is -2.42. The molecule has 0 fully saturated rings. The highest BCUT2D eigenvalue weighted by molar-refractivity contribution is 5.80. The van der Waals surface area contributed by atoms with Gasteiger partial charge in [0.25, 0.3) is 0 Å². The molecule has 0 radical (unpaired) electrons. The highest BCUT2D eigenvalue weighted by atomic mass is 16.2. The van der Waals surface area contributed by atoms with E-state index in [0.717, 1.165) is 19.3 Å². The zero-order valence-electron chi connectivity index (χ0n) is 12.3. The maximum atomic E-state index is 11.4. The summed E-state index contributed by atoms with van der Waals surface area (Å²) in [4.78, 5) is 11.4. The molecular weight excluding hydrogens is 236 g/mol. The van der Waals surface area contributed by atoms with Crippen molar-refractivity contribution in [2.24, 2.45) is 11.1 Å². The number of aryl methyl sites for hydroxylation is 1. The zero-order chi connectivity index (χ0) is 14.3. The number of nitrogens with two attached hydrogens (primary N) is 1. The molecule has 0 saturated heterocycles. The van der Waals surface area contributed by atoms with Crippen LogP contribution < -0.4 is 11.1 Å². The van der Waals surface area contributed by atoms with Crippen LogP contribution in [0.4, 0.5) is 0 Å². The second-order valence-corrected chi connectivity index (χ2v) is 6.01. The number of benzene rings is 1. The first-order valence-electron chi connectivity index (χ1n) is 6.98. The van der Waals surface area contributed by atoms with Crippen LogP contribution in [0.5, 0.6) is 0 Å². The predicted molar refractivity (Wildman–Crippen MR) is 79.8 cm³/mol. The molecule has 106 valence electrons. The average molecular weight is 262 g/mol. The van der Waals surface area contributed by atoms with Crippen LogP contribution in [0, 0.1) is 5.41 Å². The summed E-state index contributed by atoms with van der Waals surface area (Å²) in [5, 5.41) is 2.91. The van der Waals surface area contributed by atoms with Gasteiger partial charge in [-0.1, -0.05) is 44.2 Å². The van der Waals surface area contributed by atoms with Crippen LogP contribution >= 0.6 is 0 Å². The minimum atomic E-state index is -0.430. The van der Waals surface area contributed by atoms with Gasteiger partial charge in [0.2, 0.25) is 5.91 Å². The summed E-state index contributed by atoms with van der Waals surface area (Å²) in [6.45, 7) is 6.75. The van der Waals surface area contributed by atoms with Crippen molar-refractivity contribution in [1.82, 2.24) is 5.32 Å². The Labute approximate surface area is 116 Å². The van der Waals surface area contributed by atoms with Gasteiger partial charge in [0.15, 0.2) is 0 Å². The molecule has 0 aliphatic heterocycles. The zero-order valence-corrected chi connectivity index (χ0v) is 12.3. The van der Waals surface area contributed by atoms with Gasteiger partial charge in [-0.2, -0.15) is 0 Å². The van der Waals surface area contributed by atoms with Gasteiger partial charge in [0.1, 0.15) is 0 Å². The summed E-state index contributed by atoms with van der Waals surface area (Å²) in [5.41, 5.74) is 7.01. The van der Waals surface area contributed by atoms with E-state index in [2.05, 4.69) is 43.4 Å². The Bertz CT molecular complexity index is 385. The molecule has 19 heavy (non-hydrogen) atoms. The third-order valence-electron chi connectivity index (χ3n) is 3.32. The first-order chi connectivity index (χ1) is 8.91. The minimum Gasteiger partial charge on any atom is -0.354 e. The topological polar surface area (TPSA) is 55.1 Å². The summed E-state index contributed by atoms with van der Waals surface area (Å²) in [6.07, 6.45) is 3.30. The first-order valence-corrected chi connectivity index (χ1v) is 6.98. The van der Waals surface area contributed by atoms with Crippen molar-refractivity contribution >= 4 is 5.91 Å². The third kappa shape index (κ3) is 6.39. The molecule has 1 atom stereocenters. The molecule has 0 aliphatic rings. The molecule has 1 aromatic carbocycles. The quantitative estimate of drug-likeness (QED) is 0.793. The molecule has 0 unspecified atom stereocenters. The largest absolute Gasteiger partial charge is 0.354 e. The van der Waals surface area contributed by atoms with Gasteiger partial charge in [0, 0.05) is 6.54 Å². The highest BCUT2D eigenvalue weighted by Crippen LogP contribution is 2.22. The molecule has 1 rings (SSSR count). The lowest BCUT2D eigenvalue weighted by atomic mass is 9.86. The normalized spacial score (nSPS) is 13.1. The first kappa shape index (κ1) is 15.7. The molecule has 0 spiro atoms. The van der Waals surface area contributed by atoms with Crippen LogP contribution in [-0.2, 0) is 11.2 Å². The molecule has 0 saturated carbocycles. The summed E-state index contributed by atoms with van der Waals surface area (Å²) < 4.78 is 0. The summed E-state index contributed by atoms with van der Waals surface area (Å²) >= 11 is 0. The maximum absolute atomic E-state index is 11.4. The summed E-state index contributed by atoms with van der Waals surface area (Å²) in [5.74, 6) is -0.0730. The monoisotopic (exact) mass is 262 g/mol. The van der Waals surface area contributed by atoms with Crippen molar-refractivity contribution in [2.75, 3.05) is 6.54 Å². The molecule has 0 bridgehead atoms. The maximum Gasteiger partial charge on any atom is 0.236 e. The Kier molecular flexibility index (Phi) is 6.03. The van der Waals surface area contributed by atoms with Gasteiger partial charge >= 0.3 is 0 Å². The molecule has 3 nitrogen and oxygen atoms in total. The van der Waals surface area contributed by atoms with E-state index in [1.807, 2.05) is 6.07 Å². The molecule has 3 N–H and O–H groups in total. The Morgan fingerprint density at radius 3 is 2.53 bits per heavy atom. The van der Waals surface area contributed by atoms with Gasteiger partial charge < -0.3 is 11.1 Å². The fourth-order valence-corrected chi connectivity index (χ4v) is 1.99. The molecule has 1 amide bonds. The number of hydrogen-bond acceptors (Lipinski definition) is 2. The fourth-order valence-electron chi connectivity index (χ4n) is 1.99. The lowest BCUT2D eigenvalue weighted by molar-refractivity contribution is -0.122. The van der Waals surface area contributed by atoms with E-state index < -0.39 is 6.04 Å². The van der Waals surface area contributed by atoms with Crippen molar-refractivity contribution in [2.45, 2.75) is 46.1 Å². The molecule has 0 aliphatic carbocycles. The van der Waals surface area contributed by atoms with Crippen molar-refractivity contribution in [3.05, 3.63) is 35.9 Å². The molecule has 0 heterocycles. The van der Waals surface area contributed by atoms with E-state index in [0.29, 0.717) is 6.54 Å². The Morgan fingerprint density at radius 1 is 1.32 bits per heavy atom. The molecule has 3 heteroatoms. The standard InChI is InChI=1S/C16H26N2O/c1-13(17)15(19)18-12-16(2,3)11-7-10-14-8-5-4-6-9-14/h4-6,8-9,13H,7,10-12,17H2,1-3H3,(H,18,19)/t13-/m0/s1. The van der Waals surface area contributed by atoms with E-state index in [4.69, 9.17) is 5.73 Å². The van der Waals surface area contributed by atoms with Crippen LogP contribution in [0.25, 0.3) is 0 Å². The Balaban J connectivity index is 2.28. The number of amides is 1. The van der Waals surface area contributed by atoms with Crippen molar-refractivity contribution in [3.63, 3.8) is 0 Å². The van der Waals surface area contributed by atoms with Crippen LogP contribution in [0.15, 0.2) is 30.3 Å². The molecule has 0 aromatic heterocycles. The van der Waals surface area contributed by atoms with Crippen LogP contribution in [0.2, 0.25) is 0 Å². The number of rotatable bonds is 7. The van der Waals surface area contributed by atoms with E-state index in [-0.39, 0.29) is 11.3 Å². The van der Waals surface area contributed by atoms with Crippen molar-refractivity contribution in [3.8, 4) is 0 Å². The van der Waals surface area contributed by atoms with Crippen LogP contribution in [0.3, 0.4) is 0 Å². The predicted octanol–water partition coefficient (Wildman–Crippen LogP) is 2.50. The smallest absolute Gasteiger partial charge is 0.236 e. The van der Waals surface area contributed by atoms with Crippen molar-refractivity contribution < 1.29 is 4.79 Å². The van der Waals surface area contributed by atoms with Gasteiger partial charge in [-0.25, -0.2) is 0 Å². The summed E-state index contributed by atoms with van der Waals surface area (Å²) in [7, 11) is 0. The minimum absolute atomic E-state index is 0.0730. The number of hydrogen-bond donors (Lipinski definition) is 2. The molecular formula is C16H26N2O. The number of carbonyl (C=O) groups is 1. The summed E-state index contributed by atoms with van der Waals surface area (Å²) in [6, 6.07) is 10.1. The van der Waals surface area contributed by atoms with Gasteiger partial charge in [-0.05, 0) is 37.2 Å². The lowest BCUT2D eigenvalue weighted by Gasteiger charge is -2.25. The third-order valence-corrected chi connectivity index (χ3v) is 3.32. The number of nitrogens with one attached hydrogen (secondary N) is 1. The van der Waals surface area contributed by atoms with E-state index in [9.17, 15) is 4.79 Å². The van der Waals surface area contributed by atoms with Crippen LogP contribution in [0.1, 0.15) is 39.2 Å². The Hall–Kier alpha value is -1.35. The highest BCUT2D eigenvalue weighted by Gasteiger charge is 2.19. The molecule has 1 aromatic rings.